The van der Waals surface area contributed by atoms with Gasteiger partial charge in [0.05, 0.1) is 12.0 Å². The SMILES string of the molecule is CC(C#N)CN(C)c1ccc([C@H](C)N)cc1. The summed E-state index contributed by atoms with van der Waals surface area (Å²) in [6.45, 7) is 4.64. The molecule has 0 heterocycles. The van der Waals surface area contributed by atoms with Gasteiger partial charge >= 0.3 is 0 Å². The van der Waals surface area contributed by atoms with E-state index in [1.165, 1.54) is 0 Å². The lowest BCUT2D eigenvalue weighted by atomic mass is 10.1. The Morgan fingerprint density at radius 1 is 1.31 bits per heavy atom. The standard InChI is InChI=1S/C13H19N3/c1-10(8-14)9-16(3)13-6-4-12(5-7-13)11(2)15/h4-7,10-11H,9,15H2,1-3H3/t10?,11-/m0/s1. The zero-order valence-corrected chi connectivity index (χ0v) is 10.1. The van der Waals surface area contributed by atoms with Crippen molar-refractivity contribution in [1.82, 2.24) is 0 Å². The van der Waals surface area contributed by atoms with Gasteiger partial charge in [-0.2, -0.15) is 5.26 Å². The number of nitrogens with zero attached hydrogens (tertiary/aromatic N) is 2. The summed E-state index contributed by atoms with van der Waals surface area (Å²) in [4.78, 5) is 2.08. The van der Waals surface area contributed by atoms with E-state index >= 15 is 0 Å². The van der Waals surface area contributed by atoms with Crippen LogP contribution in [0.15, 0.2) is 24.3 Å². The van der Waals surface area contributed by atoms with E-state index in [4.69, 9.17) is 11.0 Å². The molecule has 3 heteroatoms. The highest BCUT2D eigenvalue weighted by Gasteiger charge is 2.06. The van der Waals surface area contributed by atoms with Crippen molar-refractivity contribution < 1.29 is 0 Å². The maximum Gasteiger partial charge on any atom is 0.0671 e. The summed E-state index contributed by atoms with van der Waals surface area (Å²) in [6, 6.07) is 10.5. The second-order valence-corrected chi connectivity index (χ2v) is 4.29. The minimum absolute atomic E-state index is 0.0399. The monoisotopic (exact) mass is 217 g/mol. The molecule has 0 radical (unpaired) electrons. The van der Waals surface area contributed by atoms with E-state index in [-0.39, 0.29) is 12.0 Å². The van der Waals surface area contributed by atoms with Crippen LogP contribution in [-0.4, -0.2) is 13.6 Å². The molecular weight excluding hydrogens is 198 g/mol. The van der Waals surface area contributed by atoms with Crippen molar-refractivity contribution in [3.8, 4) is 6.07 Å². The van der Waals surface area contributed by atoms with Gasteiger partial charge in [-0.1, -0.05) is 12.1 Å². The lowest BCUT2D eigenvalue weighted by Gasteiger charge is -2.21. The average Bonchev–Trinajstić information content (AvgIpc) is 2.28. The molecular formula is C13H19N3. The van der Waals surface area contributed by atoms with Gasteiger partial charge in [-0.15, -0.1) is 0 Å². The smallest absolute Gasteiger partial charge is 0.0671 e. The zero-order chi connectivity index (χ0) is 12.1. The summed E-state index contributed by atoms with van der Waals surface area (Å²) in [6.07, 6.45) is 0. The highest BCUT2D eigenvalue weighted by molar-refractivity contribution is 5.47. The van der Waals surface area contributed by atoms with E-state index in [1.807, 2.05) is 45.2 Å². The summed E-state index contributed by atoms with van der Waals surface area (Å²) >= 11 is 0. The summed E-state index contributed by atoms with van der Waals surface area (Å²) in [5, 5.41) is 8.75. The second kappa shape index (κ2) is 5.53. The summed E-state index contributed by atoms with van der Waals surface area (Å²) in [5.74, 6) is 0.0399. The van der Waals surface area contributed by atoms with Crippen LogP contribution in [0.1, 0.15) is 25.5 Å². The molecule has 3 nitrogen and oxygen atoms in total. The average molecular weight is 217 g/mol. The van der Waals surface area contributed by atoms with Crippen LogP contribution >= 0.6 is 0 Å². The van der Waals surface area contributed by atoms with Crippen LogP contribution in [0.4, 0.5) is 5.69 Å². The topological polar surface area (TPSA) is 53.0 Å². The molecule has 1 aromatic rings. The van der Waals surface area contributed by atoms with Crippen LogP contribution < -0.4 is 10.6 Å². The molecule has 0 aliphatic rings. The van der Waals surface area contributed by atoms with E-state index in [1.54, 1.807) is 0 Å². The number of rotatable bonds is 4. The number of nitrogens with two attached hydrogens (primary N) is 1. The van der Waals surface area contributed by atoms with E-state index in [0.29, 0.717) is 0 Å². The normalized spacial score (nSPS) is 13.9. The quantitative estimate of drug-likeness (QED) is 0.842. The molecule has 1 unspecified atom stereocenters. The Balaban J connectivity index is 2.71. The van der Waals surface area contributed by atoms with Gasteiger partial charge in [0.1, 0.15) is 0 Å². The first-order valence-electron chi connectivity index (χ1n) is 5.51. The highest BCUT2D eigenvalue weighted by atomic mass is 15.1. The van der Waals surface area contributed by atoms with Gasteiger partial charge in [0.2, 0.25) is 0 Å². The van der Waals surface area contributed by atoms with Gasteiger partial charge in [0, 0.05) is 25.3 Å². The highest BCUT2D eigenvalue weighted by Crippen LogP contribution is 2.17. The lowest BCUT2D eigenvalue weighted by molar-refractivity contribution is 0.716. The Labute approximate surface area is 97.5 Å². The van der Waals surface area contributed by atoms with Gasteiger partial charge in [0.15, 0.2) is 0 Å². The van der Waals surface area contributed by atoms with Crippen molar-refractivity contribution in [1.29, 1.82) is 5.26 Å². The second-order valence-electron chi connectivity index (χ2n) is 4.29. The van der Waals surface area contributed by atoms with E-state index in [0.717, 1.165) is 17.8 Å². The Hall–Kier alpha value is -1.53. The fraction of sp³-hybridized carbons (Fsp3) is 0.462. The number of hydrogen-bond donors (Lipinski definition) is 1. The van der Waals surface area contributed by atoms with E-state index in [9.17, 15) is 0 Å². The minimum Gasteiger partial charge on any atom is -0.373 e. The van der Waals surface area contributed by atoms with E-state index in [2.05, 4.69) is 11.0 Å². The summed E-state index contributed by atoms with van der Waals surface area (Å²) < 4.78 is 0. The molecule has 2 N–H and O–H groups in total. The molecule has 0 bridgehead atoms. The first-order chi connectivity index (χ1) is 7.54. The Kier molecular flexibility index (Phi) is 4.33. The third kappa shape index (κ3) is 3.25. The summed E-state index contributed by atoms with van der Waals surface area (Å²) in [5.41, 5.74) is 8.03. The molecule has 1 rings (SSSR count). The first-order valence-corrected chi connectivity index (χ1v) is 5.51. The van der Waals surface area contributed by atoms with Crippen LogP contribution in [0.2, 0.25) is 0 Å². The van der Waals surface area contributed by atoms with Crippen molar-refractivity contribution in [3.05, 3.63) is 29.8 Å². The molecule has 2 atom stereocenters. The molecule has 0 spiro atoms. The van der Waals surface area contributed by atoms with Crippen molar-refractivity contribution in [2.24, 2.45) is 11.7 Å². The van der Waals surface area contributed by atoms with Crippen LogP contribution in [0.5, 0.6) is 0 Å². The minimum atomic E-state index is 0.0399. The molecule has 0 saturated heterocycles. The summed E-state index contributed by atoms with van der Waals surface area (Å²) in [7, 11) is 1.99. The number of nitriles is 1. The van der Waals surface area contributed by atoms with Crippen molar-refractivity contribution in [3.63, 3.8) is 0 Å². The predicted octanol–water partition coefficient (Wildman–Crippen LogP) is 2.30. The molecule has 1 aromatic carbocycles. The van der Waals surface area contributed by atoms with Crippen LogP contribution in [0.25, 0.3) is 0 Å². The van der Waals surface area contributed by atoms with Crippen LogP contribution in [0, 0.1) is 17.2 Å². The fourth-order valence-corrected chi connectivity index (χ4v) is 1.59. The molecule has 0 aliphatic heterocycles. The van der Waals surface area contributed by atoms with Crippen molar-refractivity contribution in [2.45, 2.75) is 19.9 Å². The maximum absolute atomic E-state index is 8.75. The third-order valence-electron chi connectivity index (χ3n) is 2.63. The van der Waals surface area contributed by atoms with Crippen molar-refractivity contribution >= 4 is 5.69 Å². The van der Waals surface area contributed by atoms with Crippen molar-refractivity contribution in [2.75, 3.05) is 18.5 Å². The fourth-order valence-electron chi connectivity index (χ4n) is 1.59. The third-order valence-corrected chi connectivity index (χ3v) is 2.63. The molecule has 0 aliphatic carbocycles. The number of anilines is 1. The first kappa shape index (κ1) is 12.5. The zero-order valence-electron chi connectivity index (χ0n) is 10.1. The Bertz CT molecular complexity index is 362. The molecule has 0 fully saturated rings. The van der Waals surface area contributed by atoms with Gasteiger partial charge in [-0.05, 0) is 31.5 Å². The number of benzene rings is 1. The number of hydrogen-bond acceptors (Lipinski definition) is 3. The molecule has 86 valence electrons. The largest absolute Gasteiger partial charge is 0.373 e. The molecule has 0 amide bonds. The predicted molar refractivity (Wildman–Crippen MR) is 67.1 cm³/mol. The Morgan fingerprint density at radius 2 is 1.88 bits per heavy atom. The molecule has 0 aromatic heterocycles. The molecule has 0 saturated carbocycles. The lowest BCUT2D eigenvalue weighted by Crippen LogP contribution is -2.23. The molecule has 16 heavy (non-hydrogen) atoms. The Morgan fingerprint density at radius 3 is 2.31 bits per heavy atom. The van der Waals surface area contributed by atoms with Gasteiger partial charge in [-0.25, -0.2) is 0 Å². The van der Waals surface area contributed by atoms with Gasteiger partial charge in [-0.3, -0.25) is 0 Å². The van der Waals surface area contributed by atoms with Crippen LogP contribution in [0.3, 0.4) is 0 Å². The maximum atomic E-state index is 8.75. The van der Waals surface area contributed by atoms with Gasteiger partial charge < -0.3 is 10.6 Å². The van der Waals surface area contributed by atoms with Gasteiger partial charge in [0.25, 0.3) is 0 Å². The van der Waals surface area contributed by atoms with Crippen LogP contribution in [-0.2, 0) is 0 Å². The van der Waals surface area contributed by atoms with E-state index < -0.39 is 0 Å².